The molecule has 7 heteroatoms. The second kappa shape index (κ2) is 7.45. The van der Waals surface area contributed by atoms with Crippen LogP contribution in [0.4, 0.5) is 13.2 Å². The van der Waals surface area contributed by atoms with Gasteiger partial charge in [-0.1, -0.05) is 19.0 Å². The van der Waals surface area contributed by atoms with Crippen LogP contribution in [0.2, 0.25) is 0 Å². The topological polar surface area (TPSA) is 67.8 Å². The van der Waals surface area contributed by atoms with Crippen molar-refractivity contribution in [1.29, 1.82) is 0 Å². The standard InChI is InChI=1S/C11H21F3N2O2/c1-10(2,9(15)16-17)5-3-7-18-8-4-6-11(12,13)14/h17H,3-8H2,1-2H3,(H2,15,16). The lowest BCUT2D eigenvalue weighted by Gasteiger charge is -2.22. The molecule has 0 atom stereocenters. The lowest BCUT2D eigenvalue weighted by Crippen LogP contribution is -2.32. The van der Waals surface area contributed by atoms with Gasteiger partial charge < -0.3 is 15.7 Å². The molecule has 0 saturated carbocycles. The van der Waals surface area contributed by atoms with Gasteiger partial charge in [0, 0.05) is 25.0 Å². The summed E-state index contributed by atoms with van der Waals surface area (Å²) in [6.45, 7) is 4.13. The van der Waals surface area contributed by atoms with Gasteiger partial charge in [0.15, 0.2) is 0 Å². The number of ether oxygens (including phenoxy) is 1. The van der Waals surface area contributed by atoms with Crippen LogP contribution in [0.15, 0.2) is 5.16 Å². The summed E-state index contributed by atoms with van der Waals surface area (Å²) in [5.41, 5.74) is 5.05. The third-order valence-corrected chi connectivity index (χ3v) is 2.64. The Kier molecular flexibility index (Phi) is 7.05. The Morgan fingerprint density at radius 1 is 1.17 bits per heavy atom. The van der Waals surface area contributed by atoms with Crippen LogP contribution in [-0.2, 0) is 4.74 Å². The first-order chi connectivity index (χ1) is 8.19. The number of oxime groups is 1. The maximum absolute atomic E-state index is 11.8. The molecule has 4 nitrogen and oxygen atoms in total. The minimum Gasteiger partial charge on any atom is -0.409 e. The maximum atomic E-state index is 11.8. The third kappa shape index (κ3) is 8.16. The van der Waals surface area contributed by atoms with Crippen molar-refractivity contribution in [2.75, 3.05) is 13.2 Å². The predicted molar refractivity (Wildman–Crippen MR) is 62.5 cm³/mol. The zero-order valence-corrected chi connectivity index (χ0v) is 10.8. The fourth-order valence-electron chi connectivity index (χ4n) is 1.36. The van der Waals surface area contributed by atoms with Crippen LogP contribution in [-0.4, -0.2) is 30.4 Å². The monoisotopic (exact) mass is 270 g/mol. The molecule has 0 rings (SSSR count). The van der Waals surface area contributed by atoms with E-state index in [9.17, 15) is 13.2 Å². The summed E-state index contributed by atoms with van der Waals surface area (Å²) >= 11 is 0. The highest BCUT2D eigenvalue weighted by atomic mass is 19.4. The average Bonchev–Trinajstić information content (AvgIpc) is 2.25. The van der Waals surface area contributed by atoms with E-state index in [1.54, 1.807) is 0 Å². The number of halogens is 3. The summed E-state index contributed by atoms with van der Waals surface area (Å²) in [5, 5.41) is 11.5. The first-order valence-corrected chi connectivity index (χ1v) is 5.81. The Labute approximate surface area is 105 Å². The smallest absolute Gasteiger partial charge is 0.389 e. The molecule has 0 aliphatic heterocycles. The number of hydrogen-bond donors (Lipinski definition) is 2. The largest absolute Gasteiger partial charge is 0.409 e. The summed E-state index contributed by atoms with van der Waals surface area (Å²) in [6, 6.07) is 0. The lowest BCUT2D eigenvalue weighted by molar-refractivity contribution is -0.137. The Morgan fingerprint density at radius 3 is 2.11 bits per heavy atom. The molecule has 0 aliphatic carbocycles. The molecule has 0 heterocycles. The molecule has 0 amide bonds. The van der Waals surface area contributed by atoms with Crippen LogP contribution in [0.3, 0.4) is 0 Å². The Morgan fingerprint density at radius 2 is 1.67 bits per heavy atom. The van der Waals surface area contributed by atoms with E-state index in [-0.39, 0.29) is 18.9 Å². The molecule has 0 radical (unpaired) electrons. The van der Waals surface area contributed by atoms with Gasteiger partial charge in [-0.25, -0.2) is 0 Å². The molecular weight excluding hydrogens is 249 g/mol. The number of rotatable bonds is 8. The molecule has 0 aliphatic rings. The summed E-state index contributed by atoms with van der Waals surface area (Å²) < 4.78 is 40.5. The van der Waals surface area contributed by atoms with Crippen molar-refractivity contribution in [3.8, 4) is 0 Å². The summed E-state index contributed by atoms with van der Waals surface area (Å²) in [5.74, 6) is 0.138. The number of amidine groups is 1. The van der Waals surface area contributed by atoms with E-state index in [0.717, 1.165) is 0 Å². The van der Waals surface area contributed by atoms with E-state index in [1.165, 1.54) is 0 Å². The number of nitrogens with two attached hydrogens (primary N) is 1. The van der Waals surface area contributed by atoms with Crippen LogP contribution in [0, 0.1) is 5.41 Å². The SMILES string of the molecule is CC(C)(CCCOCCCC(F)(F)F)C(N)=NO. The van der Waals surface area contributed by atoms with Crippen LogP contribution in [0.1, 0.15) is 39.5 Å². The number of nitrogens with zero attached hydrogens (tertiary/aromatic N) is 1. The molecule has 108 valence electrons. The van der Waals surface area contributed by atoms with Crippen molar-refractivity contribution >= 4 is 5.84 Å². The number of alkyl halides is 3. The third-order valence-electron chi connectivity index (χ3n) is 2.64. The molecule has 0 fully saturated rings. The highest BCUT2D eigenvalue weighted by molar-refractivity contribution is 5.85. The van der Waals surface area contributed by atoms with Crippen LogP contribution < -0.4 is 5.73 Å². The van der Waals surface area contributed by atoms with Gasteiger partial charge in [-0.3, -0.25) is 0 Å². The predicted octanol–water partition coefficient (Wildman–Crippen LogP) is 2.90. The van der Waals surface area contributed by atoms with E-state index < -0.39 is 18.0 Å². The molecular formula is C11H21F3N2O2. The molecule has 0 aromatic carbocycles. The van der Waals surface area contributed by atoms with Gasteiger partial charge in [-0.15, -0.1) is 0 Å². The first kappa shape index (κ1) is 17.0. The van der Waals surface area contributed by atoms with Crippen molar-refractivity contribution in [2.45, 2.75) is 45.7 Å². The van der Waals surface area contributed by atoms with Crippen LogP contribution in [0.5, 0.6) is 0 Å². The van der Waals surface area contributed by atoms with Crippen molar-refractivity contribution in [3.63, 3.8) is 0 Å². The summed E-state index contributed by atoms with van der Waals surface area (Å²) in [6.07, 6.45) is -3.66. The van der Waals surface area contributed by atoms with E-state index in [2.05, 4.69) is 5.16 Å². The van der Waals surface area contributed by atoms with Gasteiger partial charge in [-0.05, 0) is 19.3 Å². The minimum atomic E-state index is -4.11. The van der Waals surface area contributed by atoms with Gasteiger partial charge in [0.05, 0.1) is 0 Å². The van der Waals surface area contributed by atoms with Crippen molar-refractivity contribution < 1.29 is 23.1 Å². The fraction of sp³-hybridized carbons (Fsp3) is 0.909. The first-order valence-electron chi connectivity index (χ1n) is 5.81. The fourth-order valence-corrected chi connectivity index (χ4v) is 1.36. The quantitative estimate of drug-likeness (QED) is 0.234. The van der Waals surface area contributed by atoms with Gasteiger partial charge >= 0.3 is 6.18 Å². The Bertz CT molecular complexity index is 266. The molecule has 0 spiro atoms. The molecule has 3 N–H and O–H groups in total. The second-order valence-corrected chi connectivity index (χ2v) is 4.80. The van der Waals surface area contributed by atoms with Gasteiger partial charge in [0.1, 0.15) is 5.84 Å². The molecule has 0 aromatic rings. The molecule has 0 aromatic heterocycles. The number of hydrogen-bond acceptors (Lipinski definition) is 3. The van der Waals surface area contributed by atoms with E-state index in [0.29, 0.717) is 19.4 Å². The van der Waals surface area contributed by atoms with Crippen molar-refractivity contribution in [1.82, 2.24) is 0 Å². The molecule has 0 saturated heterocycles. The highest BCUT2D eigenvalue weighted by Gasteiger charge is 2.26. The minimum absolute atomic E-state index is 0.0207. The van der Waals surface area contributed by atoms with E-state index in [4.69, 9.17) is 15.7 Å². The van der Waals surface area contributed by atoms with E-state index >= 15 is 0 Å². The summed E-state index contributed by atoms with van der Waals surface area (Å²) in [4.78, 5) is 0. The van der Waals surface area contributed by atoms with Gasteiger partial charge in [0.25, 0.3) is 0 Å². The van der Waals surface area contributed by atoms with Crippen molar-refractivity contribution in [3.05, 3.63) is 0 Å². The lowest BCUT2D eigenvalue weighted by atomic mass is 9.87. The normalized spacial score (nSPS) is 13.9. The van der Waals surface area contributed by atoms with Gasteiger partial charge in [-0.2, -0.15) is 13.2 Å². The Hall–Kier alpha value is -0.980. The molecule has 0 unspecified atom stereocenters. The molecule has 18 heavy (non-hydrogen) atoms. The maximum Gasteiger partial charge on any atom is 0.389 e. The van der Waals surface area contributed by atoms with E-state index in [1.807, 2.05) is 13.8 Å². The Balaban J connectivity index is 3.58. The zero-order valence-electron chi connectivity index (χ0n) is 10.8. The van der Waals surface area contributed by atoms with Gasteiger partial charge in [0.2, 0.25) is 0 Å². The van der Waals surface area contributed by atoms with Crippen LogP contribution >= 0.6 is 0 Å². The van der Waals surface area contributed by atoms with Crippen LogP contribution in [0.25, 0.3) is 0 Å². The zero-order chi connectivity index (χ0) is 14.2. The summed E-state index contributed by atoms with van der Waals surface area (Å²) in [7, 11) is 0. The molecule has 0 bridgehead atoms. The highest BCUT2D eigenvalue weighted by Crippen LogP contribution is 2.23. The van der Waals surface area contributed by atoms with Crippen molar-refractivity contribution in [2.24, 2.45) is 16.3 Å². The second-order valence-electron chi connectivity index (χ2n) is 4.80. The average molecular weight is 270 g/mol.